The predicted octanol–water partition coefficient (Wildman–Crippen LogP) is 3.53. The average Bonchev–Trinajstić information content (AvgIpc) is 2.26. The molecule has 0 saturated carbocycles. The zero-order valence-electron chi connectivity index (χ0n) is 8.00. The summed E-state index contributed by atoms with van der Waals surface area (Å²) in [6, 6.07) is 7.69. The van der Waals surface area contributed by atoms with Gasteiger partial charge in [-0.2, -0.15) is 5.26 Å². The van der Waals surface area contributed by atoms with Gasteiger partial charge in [-0.15, -0.1) is 11.6 Å². The Kier molecular flexibility index (Phi) is 5.23. The Bertz CT molecular complexity index is 396. The standard InChI is InChI=1S/C11H10BrClN2/c12-10-3-4-11(9(7-10)8-14)15-6-2-1-5-13/h1-4,7,15H,5-6H2/b2-1+. The van der Waals surface area contributed by atoms with E-state index in [1.165, 1.54) is 0 Å². The van der Waals surface area contributed by atoms with Crippen LogP contribution < -0.4 is 5.32 Å². The summed E-state index contributed by atoms with van der Waals surface area (Å²) in [6.07, 6.45) is 3.79. The van der Waals surface area contributed by atoms with Gasteiger partial charge in [-0.3, -0.25) is 0 Å². The fourth-order valence-electron chi connectivity index (χ4n) is 1.08. The molecular formula is C11H10BrClN2. The van der Waals surface area contributed by atoms with E-state index in [4.69, 9.17) is 16.9 Å². The zero-order chi connectivity index (χ0) is 11.1. The quantitative estimate of drug-likeness (QED) is 0.678. The lowest BCUT2D eigenvalue weighted by molar-refractivity contribution is 1.31. The molecule has 1 rings (SSSR count). The van der Waals surface area contributed by atoms with E-state index < -0.39 is 0 Å². The number of benzene rings is 1. The summed E-state index contributed by atoms with van der Waals surface area (Å²) in [4.78, 5) is 0. The number of rotatable bonds is 4. The van der Waals surface area contributed by atoms with Crippen molar-refractivity contribution in [3.8, 4) is 6.07 Å². The molecule has 0 amide bonds. The molecule has 0 aliphatic rings. The molecule has 0 unspecified atom stereocenters. The molecule has 0 atom stereocenters. The van der Waals surface area contributed by atoms with E-state index in [2.05, 4.69) is 27.3 Å². The lowest BCUT2D eigenvalue weighted by atomic mass is 10.2. The van der Waals surface area contributed by atoms with Gasteiger partial charge in [-0.25, -0.2) is 0 Å². The number of anilines is 1. The molecule has 1 aromatic rings. The normalized spacial score (nSPS) is 10.2. The molecular weight excluding hydrogens is 275 g/mol. The van der Waals surface area contributed by atoms with Crippen molar-refractivity contribution in [3.63, 3.8) is 0 Å². The minimum absolute atomic E-state index is 0.507. The first-order valence-electron chi connectivity index (χ1n) is 4.42. The molecule has 0 fully saturated rings. The highest BCUT2D eigenvalue weighted by molar-refractivity contribution is 9.10. The Balaban J connectivity index is 2.69. The lowest BCUT2D eigenvalue weighted by Gasteiger charge is -2.05. The number of hydrogen-bond acceptors (Lipinski definition) is 2. The van der Waals surface area contributed by atoms with Crippen molar-refractivity contribution >= 4 is 33.2 Å². The maximum absolute atomic E-state index is 8.90. The van der Waals surface area contributed by atoms with Crippen LogP contribution in [0.2, 0.25) is 0 Å². The van der Waals surface area contributed by atoms with Crippen LogP contribution in [0, 0.1) is 11.3 Å². The molecule has 0 spiro atoms. The molecule has 15 heavy (non-hydrogen) atoms. The van der Waals surface area contributed by atoms with E-state index in [1.54, 1.807) is 6.07 Å². The second kappa shape index (κ2) is 6.49. The molecule has 0 bridgehead atoms. The van der Waals surface area contributed by atoms with E-state index in [9.17, 15) is 0 Å². The van der Waals surface area contributed by atoms with Crippen LogP contribution in [-0.2, 0) is 0 Å². The summed E-state index contributed by atoms with van der Waals surface area (Å²) in [7, 11) is 0. The number of nitrogens with zero attached hydrogens (tertiary/aromatic N) is 1. The molecule has 1 N–H and O–H groups in total. The SMILES string of the molecule is N#Cc1cc(Br)ccc1NC/C=C/CCl. The van der Waals surface area contributed by atoms with Gasteiger partial charge in [0.15, 0.2) is 0 Å². The van der Waals surface area contributed by atoms with Gasteiger partial charge in [0.25, 0.3) is 0 Å². The second-order valence-corrected chi connectivity index (χ2v) is 4.03. The van der Waals surface area contributed by atoms with E-state index in [0.717, 1.165) is 10.2 Å². The first kappa shape index (κ1) is 12.1. The molecule has 0 saturated heterocycles. The largest absolute Gasteiger partial charge is 0.381 e. The van der Waals surface area contributed by atoms with Crippen LogP contribution in [0.1, 0.15) is 5.56 Å². The molecule has 0 aromatic heterocycles. The van der Waals surface area contributed by atoms with E-state index in [1.807, 2.05) is 24.3 Å². The van der Waals surface area contributed by atoms with Crippen LogP contribution in [0.5, 0.6) is 0 Å². The molecule has 0 heterocycles. The Morgan fingerprint density at radius 3 is 2.93 bits per heavy atom. The van der Waals surface area contributed by atoms with Crippen molar-refractivity contribution in [2.45, 2.75) is 0 Å². The lowest BCUT2D eigenvalue weighted by Crippen LogP contribution is -2.00. The third-order valence-electron chi connectivity index (χ3n) is 1.77. The Morgan fingerprint density at radius 1 is 1.47 bits per heavy atom. The van der Waals surface area contributed by atoms with Gasteiger partial charge < -0.3 is 5.32 Å². The minimum Gasteiger partial charge on any atom is -0.381 e. The van der Waals surface area contributed by atoms with Crippen molar-refractivity contribution < 1.29 is 0 Å². The molecule has 4 heteroatoms. The zero-order valence-corrected chi connectivity index (χ0v) is 10.3. The predicted molar refractivity (Wildman–Crippen MR) is 67.2 cm³/mol. The van der Waals surface area contributed by atoms with Crippen LogP contribution in [0.3, 0.4) is 0 Å². The fraction of sp³-hybridized carbons (Fsp3) is 0.182. The first-order valence-corrected chi connectivity index (χ1v) is 5.75. The Labute approximate surface area is 103 Å². The van der Waals surface area contributed by atoms with Gasteiger partial charge in [-0.05, 0) is 18.2 Å². The van der Waals surface area contributed by atoms with Gasteiger partial charge in [0, 0.05) is 16.9 Å². The second-order valence-electron chi connectivity index (χ2n) is 2.81. The smallest absolute Gasteiger partial charge is 0.101 e. The van der Waals surface area contributed by atoms with Gasteiger partial charge in [0.1, 0.15) is 6.07 Å². The number of nitriles is 1. The molecule has 2 nitrogen and oxygen atoms in total. The molecule has 0 aliphatic heterocycles. The molecule has 0 aliphatic carbocycles. The van der Waals surface area contributed by atoms with Gasteiger partial charge in [-0.1, -0.05) is 28.1 Å². The summed E-state index contributed by atoms with van der Waals surface area (Å²) in [5, 5.41) is 12.0. The highest BCUT2D eigenvalue weighted by Gasteiger charge is 2.00. The number of hydrogen-bond donors (Lipinski definition) is 1. The first-order chi connectivity index (χ1) is 7.27. The number of nitrogens with one attached hydrogen (secondary N) is 1. The third kappa shape index (κ3) is 3.94. The summed E-state index contributed by atoms with van der Waals surface area (Å²) < 4.78 is 0.904. The average molecular weight is 286 g/mol. The molecule has 78 valence electrons. The van der Waals surface area contributed by atoms with Crippen molar-refractivity contribution in [1.82, 2.24) is 0 Å². The molecule has 1 aromatic carbocycles. The highest BCUT2D eigenvalue weighted by Crippen LogP contribution is 2.19. The molecule has 0 radical (unpaired) electrons. The number of alkyl halides is 1. The maximum atomic E-state index is 8.90. The number of halogens is 2. The van der Waals surface area contributed by atoms with Gasteiger partial charge in [0.05, 0.1) is 11.3 Å². The summed E-state index contributed by atoms with van der Waals surface area (Å²) in [5.74, 6) is 0.507. The van der Waals surface area contributed by atoms with Crippen LogP contribution in [0.4, 0.5) is 5.69 Å². The summed E-state index contributed by atoms with van der Waals surface area (Å²) >= 11 is 8.81. The van der Waals surface area contributed by atoms with E-state index >= 15 is 0 Å². The van der Waals surface area contributed by atoms with E-state index in [0.29, 0.717) is 18.0 Å². The Morgan fingerprint density at radius 2 is 2.27 bits per heavy atom. The fourth-order valence-corrected chi connectivity index (χ4v) is 1.57. The third-order valence-corrected chi connectivity index (χ3v) is 2.44. The Hall–Kier alpha value is -0.980. The monoisotopic (exact) mass is 284 g/mol. The van der Waals surface area contributed by atoms with Gasteiger partial charge in [0.2, 0.25) is 0 Å². The van der Waals surface area contributed by atoms with Crippen LogP contribution in [-0.4, -0.2) is 12.4 Å². The van der Waals surface area contributed by atoms with Crippen LogP contribution in [0.15, 0.2) is 34.8 Å². The van der Waals surface area contributed by atoms with Crippen LogP contribution in [0.25, 0.3) is 0 Å². The van der Waals surface area contributed by atoms with E-state index in [-0.39, 0.29) is 0 Å². The maximum Gasteiger partial charge on any atom is 0.101 e. The van der Waals surface area contributed by atoms with Gasteiger partial charge >= 0.3 is 0 Å². The minimum atomic E-state index is 0.507. The van der Waals surface area contributed by atoms with Crippen molar-refractivity contribution in [3.05, 3.63) is 40.4 Å². The van der Waals surface area contributed by atoms with Crippen molar-refractivity contribution in [2.24, 2.45) is 0 Å². The van der Waals surface area contributed by atoms with Crippen molar-refractivity contribution in [2.75, 3.05) is 17.7 Å². The topological polar surface area (TPSA) is 35.8 Å². The summed E-state index contributed by atoms with van der Waals surface area (Å²) in [6.45, 7) is 0.670. The van der Waals surface area contributed by atoms with Crippen molar-refractivity contribution in [1.29, 1.82) is 5.26 Å². The van der Waals surface area contributed by atoms with Crippen LogP contribution >= 0.6 is 27.5 Å². The highest BCUT2D eigenvalue weighted by atomic mass is 79.9. The summed E-state index contributed by atoms with van der Waals surface area (Å²) in [5.41, 5.74) is 1.46. The number of allylic oxidation sites excluding steroid dienone is 1.